The Morgan fingerprint density at radius 2 is 1.21 bits per heavy atom. The second-order valence-electron chi connectivity index (χ2n) is 2.70. The molecule has 0 aromatic heterocycles. The van der Waals surface area contributed by atoms with Gasteiger partial charge in [-0.3, -0.25) is 9.59 Å². The number of hydrogen-bond acceptors (Lipinski definition) is 6. The number of rotatable bonds is 6. The summed E-state index contributed by atoms with van der Waals surface area (Å²) in [6.07, 6.45) is 2.25. The second kappa shape index (κ2) is 9.51. The minimum Gasteiger partial charge on any atom is -0.330 e. The molecule has 0 fully saturated rings. The van der Waals surface area contributed by atoms with Crippen molar-refractivity contribution in [3.05, 3.63) is 0 Å². The van der Waals surface area contributed by atoms with Crippen molar-refractivity contribution in [2.75, 3.05) is 13.1 Å². The van der Waals surface area contributed by atoms with E-state index in [1.54, 1.807) is 0 Å². The van der Waals surface area contributed by atoms with Gasteiger partial charge in [0.05, 0.1) is 0 Å². The zero-order valence-corrected chi connectivity index (χ0v) is 9.66. The van der Waals surface area contributed by atoms with Crippen LogP contribution < -0.4 is 11.5 Å². The third-order valence-electron chi connectivity index (χ3n) is 1.40. The van der Waals surface area contributed by atoms with Gasteiger partial charge in [0.25, 0.3) is 0 Å². The van der Waals surface area contributed by atoms with E-state index in [0.717, 1.165) is 21.6 Å². The molecule has 0 aliphatic rings. The molecule has 0 bridgehead atoms. The van der Waals surface area contributed by atoms with Crippen LogP contribution >= 0.6 is 21.6 Å². The third-order valence-corrected chi connectivity index (χ3v) is 3.63. The highest BCUT2D eigenvalue weighted by Gasteiger charge is 2.07. The summed E-state index contributed by atoms with van der Waals surface area (Å²) in [4.78, 5) is 22.2. The first-order valence-corrected chi connectivity index (χ1v) is 6.66. The van der Waals surface area contributed by atoms with Crippen LogP contribution in [-0.4, -0.2) is 23.3 Å². The van der Waals surface area contributed by atoms with Gasteiger partial charge in [-0.1, -0.05) is 0 Å². The Bertz CT molecular complexity index is 168. The summed E-state index contributed by atoms with van der Waals surface area (Å²) in [6, 6.07) is 0. The van der Waals surface area contributed by atoms with Gasteiger partial charge in [0, 0.05) is 12.8 Å². The quantitative estimate of drug-likeness (QED) is 0.666. The molecule has 4 N–H and O–H groups in total. The maximum atomic E-state index is 11.1. The fourth-order valence-electron chi connectivity index (χ4n) is 0.669. The maximum absolute atomic E-state index is 11.1. The van der Waals surface area contributed by atoms with Crippen molar-refractivity contribution in [1.29, 1.82) is 0 Å². The molecule has 0 aliphatic carbocycles. The van der Waals surface area contributed by atoms with Crippen molar-refractivity contribution in [3.8, 4) is 0 Å². The van der Waals surface area contributed by atoms with E-state index in [2.05, 4.69) is 0 Å². The highest BCUT2D eigenvalue weighted by molar-refractivity contribution is 8.87. The molecule has 6 heteroatoms. The molecule has 0 unspecified atom stereocenters. The van der Waals surface area contributed by atoms with E-state index in [4.69, 9.17) is 11.5 Å². The smallest absolute Gasteiger partial charge is 0.199 e. The lowest BCUT2D eigenvalue weighted by Gasteiger charge is -1.98. The van der Waals surface area contributed by atoms with Crippen LogP contribution in [0.5, 0.6) is 0 Å². The van der Waals surface area contributed by atoms with Crippen molar-refractivity contribution in [2.24, 2.45) is 11.5 Å². The van der Waals surface area contributed by atoms with Crippen LogP contribution in [0, 0.1) is 0 Å². The lowest BCUT2D eigenvalue weighted by molar-refractivity contribution is -0.112. The number of carbonyl (C=O) groups is 2. The summed E-state index contributed by atoms with van der Waals surface area (Å²) >= 11 is 0. The molecule has 0 aliphatic heterocycles. The van der Waals surface area contributed by atoms with Gasteiger partial charge in [-0.25, -0.2) is 0 Å². The van der Waals surface area contributed by atoms with Gasteiger partial charge in [-0.15, -0.1) is 0 Å². The van der Waals surface area contributed by atoms with Crippen LogP contribution in [0.15, 0.2) is 0 Å². The van der Waals surface area contributed by atoms with Crippen molar-refractivity contribution in [3.63, 3.8) is 0 Å². The summed E-state index contributed by atoms with van der Waals surface area (Å²) in [7, 11) is 2.01. The lowest BCUT2D eigenvalue weighted by Crippen LogP contribution is -2.02. The molecule has 0 aromatic rings. The van der Waals surface area contributed by atoms with E-state index in [0.29, 0.717) is 38.8 Å². The van der Waals surface area contributed by atoms with Crippen molar-refractivity contribution in [2.45, 2.75) is 25.7 Å². The molecule has 0 radical (unpaired) electrons. The molecule has 0 aromatic carbocycles. The van der Waals surface area contributed by atoms with E-state index >= 15 is 0 Å². The average Bonchev–Trinajstić information content (AvgIpc) is 2.20. The first kappa shape index (κ1) is 14.0. The number of nitrogens with two attached hydrogens (primary N) is 2. The van der Waals surface area contributed by atoms with Crippen LogP contribution in [0.1, 0.15) is 25.7 Å². The predicted octanol–water partition coefficient (Wildman–Crippen LogP) is 0.899. The Morgan fingerprint density at radius 1 is 0.857 bits per heavy atom. The molecule has 0 saturated carbocycles. The normalized spacial score (nSPS) is 10.1. The second-order valence-corrected chi connectivity index (χ2v) is 4.94. The van der Waals surface area contributed by atoms with E-state index in [1.165, 1.54) is 0 Å². The summed E-state index contributed by atoms with van der Waals surface area (Å²) in [5.41, 5.74) is 10.5. The Morgan fingerprint density at radius 3 is 1.50 bits per heavy atom. The van der Waals surface area contributed by atoms with Gasteiger partial charge in [0.15, 0.2) is 10.2 Å². The zero-order chi connectivity index (χ0) is 10.8. The SMILES string of the molecule is NCCCC(=O)SSC(=O)CCCN. The Kier molecular flexibility index (Phi) is 9.49. The Labute approximate surface area is 91.9 Å². The molecule has 82 valence electrons. The highest BCUT2D eigenvalue weighted by atomic mass is 33.1. The molecule has 0 amide bonds. The topological polar surface area (TPSA) is 86.2 Å². The van der Waals surface area contributed by atoms with Crippen LogP contribution in [0.4, 0.5) is 0 Å². The fraction of sp³-hybridized carbons (Fsp3) is 0.750. The van der Waals surface area contributed by atoms with E-state index in [-0.39, 0.29) is 10.2 Å². The van der Waals surface area contributed by atoms with Crippen LogP contribution in [0.3, 0.4) is 0 Å². The van der Waals surface area contributed by atoms with Crippen LogP contribution in [0.2, 0.25) is 0 Å². The Balaban J connectivity index is 3.41. The highest BCUT2D eigenvalue weighted by Crippen LogP contribution is 2.26. The summed E-state index contributed by atoms with van der Waals surface area (Å²) in [5.74, 6) is 0. The summed E-state index contributed by atoms with van der Waals surface area (Å²) < 4.78 is 0. The van der Waals surface area contributed by atoms with Gasteiger partial charge in [0.1, 0.15) is 0 Å². The first-order valence-electron chi connectivity index (χ1n) is 4.51. The van der Waals surface area contributed by atoms with Crippen LogP contribution in [0.25, 0.3) is 0 Å². The van der Waals surface area contributed by atoms with Crippen LogP contribution in [-0.2, 0) is 9.59 Å². The van der Waals surface area contributed by atoms with E-state index in [9.17, 15) is 9.59 Å². The molecule has 14 heavy (non-hydrogen) atoms. The lowest BCUT2D eigenvalue weighted by atomic mass is 10.3. The zero-order valence-electron chi connectivity index (χ0n) is 8.03. The summed E-state index contributed by atoms with van der Waals surface area (Å²) in [6.45, 7) is 1.02. The number of hydrogen-bond donors (Lipinski definition) is 2. The first-order chi connectivity index (χ1) is 6.70. The molecule has 0 rings (SSSR count). The van der Waals surface area contributed by atoms with Gasteiger partial charge in [-0.05, 0) is 47.5 Å². The predicted molar refractivity (Wildman–Crippen MR) is 61.8 cm³/mol. The molecule has 4 nitrogen and oxygen atoms in total. The van der Waals surface area contributed by atoms with Gasteiger partial charge in [0.2, 0.25) is 0 Å². The van der Waals surface area contributed by atoms with E-state index in [1.807, 2.05) is 0 Å². The molecule has 0 spiro atoms. The largest absolute Gasteiger partial charge is 0.330 e. The molecular weight excluding hydrogens is 220 g/mol. The van der Waals surface area contributed by atoms with Crippen molar-refractivity contribution in [1.82, 2.24) is 0 Å². The molecule has 0 atom stereocenters. The molecule has 0 saturated heterocycles. The average molecular weight is 236 g/mol. The van der Waals surface area contributed by atoms with Gasteiger partial charge < -0.3 is 11.5 Å². The number of carbonyl (C=O) groups excluding carboxylic acids is 2. The molecule has 0 heterocycles. The fourth-order valence-corrected chi connectivity index (χ4v) is 2.37. The Hall–Kier alpha value is -0.0400. The minimum atomic E-state index is 0.0153. The van der Waals surface area contributed by atoms with Gasteiger partial charge in [-0.2, -0.15) is 0 Å². The maximum Gasteiger partial charge on any atom is 0.199 e. The standard InChI is InChI=1S/C8H16N2O2S2/c9-5-1-3-7(11)13-14-8(12)4-2-6-10/h1-6,9-10H2. The van der Waals surface area contributed by atoms with Crippen molar-refractivity contribution < 1.29 is 9.59 Å². The third kappa shape index (κ3) is 8.55. The monoisotopic (exact) mass is 236 g/mol. The molecular formula is C8H16N2O2S2. The van der Waals surface area contributed by atoms with Gasteiger partial charge >= 0.3 is 0 Å². The van der Waals surface area contributed by atoms with E-state index < -0.39 is 0 Å². The summed E-state index contributed by atoms with van der Waals surface area (Å²) in [5, 5.41) is 0.0306. The van der Waals surface area contributed by atoms with Crippen molar-refractivity contribution >= 4 is 31.8 Å². The minimum absolute atomic E-state index is 0.0153.